The molecule has 3 amide bonds. The van der Waals surface area contributed by atoms with Gasteiger partial charge in [0.15, 0.2) is 5.13 Å². The SMILES string of the molecule is CCOC(=O)Cc1csc(NC(=O)C(Sc2cccc(NC(=O)/C(=C/c3c[nH]c4ccccc34)NC(=O)c3ccccc3)c2)c2ccccc2)n1. The molecule has 0 saturated carbocycles. The summed E-state index contributed by atoms with van der Waals surface area (Å²) in [5.41, 5.74) is 3.85. The Labute approximate surface area is 302 Å². The van der Waals surface area contributed by atoms with Crippen LogP contribution in [0.25, 0.3) is 17.0 Å². The van der Waals surface area contributed by atoms with Gasteiger partial charge in [0.25, 0.3) is 11.8 Å². The molecule has 6 aromatic rings. The number of para-hydroxylation sites is 1. The molecule has 1 unspecified atom stereocenters. The predicted octanol–water partition coefficient (Wildman–Crippen LogP) is 7.61. The van der Waals surface area contributed by atoms with E-state index in [1.165, 1.54) is 23.1 Å². The number of rotatable bonds is 13. The smallest absolute Gasteiger partial charge is 0.311 e. The van der Waals surface area contributed by atoms with E-state index in [-0.39, 0.29) is 30.6 Å². The van der Waals surface area contributed by atoms with Crippen LogP contribution in [-0.4, -0.2) is 40.3 Å². The van der Waals surface area contributed by atoms with Crippen LogP contribution in [0.3, 0.4) is 0 Å². The van der Waals surface area contributed by atoms with E-state index in [9.17, 15) is 19.2 Å². The summed E-state index contributed by atoms with van der Waals surface area (Å²) in [6, 6.07) is 32.8. The number of benzene rings is 4. The lowest BCUT2D eigenvalue weighted by Gasteiger charge is -2.17. The molecule has 4 aromatic carbocycles. The predicted molar refractivity (Wildman–Crippen MR) is 201 cm³/mol. The lowest BCUT2D eigenvalue weighted by atomic mass is 10.1. The molecule has 256 valence electrons. The van der Waals surface area contributed by atoms with Crippen molar-refractivity contribution in [2.24, 2.45) is 0 Å². The molecule has 0 spiro atoms. The minimum atomic E-state index is -0.669. The molecule has 1 atom stereocenters. The third-order valence-corrected chi connectivity index (χ3v) is 9.60. The van der Waals surface area contributed by atoms with E-state index in [4.69, 9.17) is 4.74 Å². The van der Waals surface area contributed by atoms with Crippen molar-refractivity contribution in [2.45, 2.75) is 23.5 Å². The van der Waals surface area contributed by atoms with Gasteiger partial charge in [0.05, 0.1) is 18.7 Å². The summed E-state index contributed by atoms with van der Waals surface area (Å²) in [6.07, 6.45) is 3.44. The zero-order chi connectivity index (χ0) is 35.6. The van der Waals surface area contributed by atoms with E-state index in [1.54, 1.807) is 67.0 Å². The summed E-state index contributed by atoms with van der Waals surface area (Å²) >= 11 is 2.54. The summed E-state index contributed by atoms with van der Waals surface area (Å²) in [6.45, 7) is 2.02. The molecule has 0 saturated heterocycles. The van der Waals surface area contributed by atoms with Crippen LogP contribution >= 0.6 is 23.1 Å². The van der Waals surface area contributed by atoms with Gasteiger partial charge in [0.2, 0.25) is 5.91 Å². The number of nitrogens with one attached hydrogen (secondary N) is 4. The summed E-state index contributed by atoms with van der Waals surface area (Å²) in [7, 11) is 0. The fourth-order valence-electron chi connectivity index (χ4n) is 5.17. The van der Waals surface area contributed by atoms with E-state index in [2.05, 4.69) is 25.9 Å². The Kier molecular flexibility index (Phi) is 11.4. The summed E-state index contributed by atoms with van der Waals surface area (Å²) in [5.74, 6) is -1.63. The number of aromatic amines is 1. The van der Waals surface area contributed by atoms with E-state index in [0.29, 0.717) is 22.1 Å². The lowest BCUT2D eigenvalue weighted by molar-refractivity contribution is -0.142. The van der Waals surface area contributed by atoms with E-state index < -0.39 is 17.1 Å². The van der Waals surface area contributed by atoms with Crippen LogP contribution in [0.5, 0.6) is 0 Å². The number of carbonyl (C=O) groups is 4. The molecule has 4 N–H and O–H groups in total. The summed E-state index contributed by atoms with van der Waals surface area (Å²) < 4.78 is 5.01. The topological polar surface area (TPSA) is 142 Å². The molecular formula is C39H33N5O5S2. The fraction of sp³-hybridized carbons (Fsp3) is 0.103. The number of nitrogens with zero attached hydrogens (tertiary/aromatic N) is 1. The number of anilines is 2. The highest BCUT2D eigenvalue weighted by molar-refractivity contribution is 8.00. The largest absolute Gasteiger partial charge is 0.466 e. The maximum Gasteiger partial charge on any atom is 0.311 e. The number of esters is 1. The minimum absolute atomic E-state index is 0.0181. The molecule has 0 fully saturated rings. The Morgan fingerprint density at radius 2 is 1.65 bits per heavy atom. The Morgan fingerprint density at radius 3 is 2.43 bits per heavy atom. The molecule has 2 aromatic heterocycles. The molecule has 0 aliphatic heterocycles. The van der Waals surface area contributed by atoms with Crippen LogP contribution < -0.4 is 16.0 Å². The van der Waals surface area contributed by atoms with E-state index >= 15 is 0 Å². The van der Waals surface area contributed by atoms with Crippen molar-refractivity contribution < 1.29 is 23.9 Å². The highest BCUT2D eigenvalue weighted by atomic mass is 32.2. The van der Waals surface area contributed by atoms with Crippen molar-refractivity contribution in [3.8, 4) is 0 Å². The number of hydrogen-bond acceptors (Lipinski definition) is 8. The number of thiazole rings is 1. The van der Waals surface area contributed by atoms with Gasteiger partial charge in [0, 0.05) is 44.2 Å². The number of fused-ring (bicyclic) bond motifs is 1. The van der Waals surface area contributed by atoms with Crippen LogP contribution in [0, 0.1) is 0 Å². The van der Waals surface area contributed by atoms with Crippen LogP contribution in [0.4, 0.5) is 10.8 Å². The van der Waals surface area contributed by atoms with Gasteiger partial charge >= 0.3 is 5.97 Å². The number of carbonyl (C=O) groups excluding carboxylic acids is 4. The Morgan fingerprint density at radius 1 is 0.902 bits per heavy atom. The second-order valence-corrected chi connectivity index (χ2v) is 13.2. The monoisotopic (exact) mass is 715 g/mol. The first-order valence-corrected chi connectivity index (χ1v) is 17.8. The first-order valence-electron chi connectivity index (χ1n) is 16.0. The molecule has 0 radical (unpaired) electrons. The minimum Gasteiger partial charge on any atom is -0.466 e. The van der Waals surface area contributed by atoms with Crippen LogP contribution in [0.1, 0.15) is 39.4 Å². The van der Waals surface area contributed by atoms with Gasteiger partial charge in [-0.15, -0.1) is 23.1 Å². The van der Waals surface area contributed by atoms with Crippen molar-refractivity contribution in [1.29, 1.82) is 0 Å². The highest BCUT2D eigenvalue weighted by Gasteiger charge is 2.24. The third kappa shape index (κ3) is 9.18. The van der Waals surface area contributed by atoms with Crippen molar-refractivity contribution in [2.75, 3.05) is 17.2 Å². The molecule has 2 heterocycles. The average Bonchev–Trinajstić information content (AvgIpc) is 3.77. The molecule has 12 heteroatoms. The number of ether oxygens (including phenoxy) is 1. The van der Waals surface area contributed by atoms with Crippen LogP contribution in [-0.2, 0) is 25.5 Å². The highest BCUT2D eigenvalue weighted by Crippen LogP contribution is 2.37. The molecule has 6 rings (SSSR count). The molecular weight excluding hydrogens is 683 g/mol. The van der Waals surface area contributed by atoms with Gasteiger partial charge < -0.3 is 25.7 Å². The second-order valence-electron chi connectivity index (χ2n) is 11.2. The van der Waals surface area contributed by atoms with Crippen molar-refractivity contribution in [3.05, 3.63) is 149 Å². The maximum atomic E-state index is 13.8. The van der Waals surface area contributed by atoms with Crippen LogP contribution in [0.15, 0.2) is 131 Å². The molecule has 51 heavy (non-hydrogen) atoms. The standard InChI is InChI=1S/C39H33N5O5S2/c1-2-49-34(45)22-29-24-50-39(42-29)44-38(48)35(25-12-5-3-6-13-25)51-30-17-11-16-28(21-30)41-37(47)33(43-36(46)26-14-7-4-8-15-26)20-27-23-40-32-19-10-9-18-31(27)32/h3-21,23-24,35,40H,2,22H2,1H3,(H,41,47)(H,43,46)(H,42,44,48)/b33-20-. The van der Waals surface area contributed by atoms with Crippen LogP contribution in [0.2, 0.25) is 0 Å². The molecule has 10 nitrogen and oxygen atoms in total. The Balaban J connectivity index is 1.22. The third-order valence-electron chi connectivity index (χ3n) is 7.55. The normalized spacial score (nSPS) is 11.8. The van der Waals surface area contributed by atoms with Gasteiger partial charge in [-0.1, -0.05) is 72.8 Å². The van der Waals surface area contributed by atoms with Gasteiger partial charge in [-0.3, -0.25) is 19.2 Å². The second kappa shape index (κ2) is 16.6. The summed E-state index contributed by atoms with van der Waals surface area (Å²) in [5, 5.41) is 10.9. The molecule has 0 bridgehead atoms. The average molecular weight is 716 g/mol. The number of thioether (sulfide) groups is 1. The Bertz CT molecular complexity index is 2200. The summed E-state index contributed by atoms with van der Waals surface area (Å²) in [4.78, 5) is 60.9. The molecule has 0 aliphatic carbocycles. The van der Waals surface area contributed by atoms with Gasteiger partial charge in [-0.2, -0.15) is 0 Å². The van der Waals surface area contributed by atoms with Crippen molar-refractivity contribution >= 4 is 74.6 Å². The number of amides is 3. The number of aromatic nitrogens is 2. The first-order chi connectivity index (χ1) is 24.9. The molecule has 0 aliphatic rings. The Hall–Kier alpha value is -5.98. The van der Waals surface area contributed by atoms with E-state index in [0.717, 1.165) is 26.9 Å². The number of hydrogen-bond donors (Lipinski definition) is 4. The lowest BCUT2D eigenvalue weighted by Crippen LogP contribution is -2.30. The zero-order valence-electron chi connectivity index (χ0n) is 27.4. The van der Waals surface area contributed by atoms with Gasteiger partial charge in [-0.05, 0) is 55.0 Å². The van der Waals surface area contributed by atoms with Gasteiger partial charge in [0.1, 0.15) is 10.9 Å². The zero-order valence-corrected chi connectivity index (χ0v) is 29.1. The van der Waals surface area contributed by atoms with Crippen molar-refractivity contribution in [1.82, 2.24) is 15.3 Å². The quantitative estimate of drug-likeness (QED) is 0.0548. The number of H-pyrrole nitrogens is 1. The fourth-order valence-corrected chi connectivity index (χ4v) is 6.97. The first kappa shape index (κ1) is 34.9. The maximum absolute atomic E-state index is 13.8. The van der Waals surface area contributed by atoms with Gasteiger partial charge in [-0.25, -0.2) is 4.98 Å². The van der Waals surface area contributed by atoms with Crippen molar-refractivity contribution in [3.63, 3.8) is 0 Å². The van der Waals surface area contributed by atoms with E-state index in [1.807, 2.05) is 66.7 Å².